The number of aromatic nitrogens is 1. The summed E-state index contributed by atoms with van der Waals surface area (Å²) in [4.78, 5) is 17.6. The Morgan fingerprint density at radius 1 is 0.944 bits per heavy atom. The maximum atomic E-state index is 13.5. The maximum absolute atomic E-state index is 13.5. The third kappa shape index (κ3) is 5.73. The number of carbonyl (C=O) groups excluding carboxylic acids is 1. The Morgan fingerprint density at radius 2 is 1.67 bits per heavy atom. The van der Waals surface area contributed by atoms with E-state index in [0.29, 0.717) is 46.0 Å². The van der Waals surface area contributed by atoms with Crippen molar-refractivity contribution in [3.8, 4) is 11.5 Å². The summed E-state index contributed by atoms with van der Waals surface area (Å²) >= 11 is 0.879. The molecule has 0 fully saturated rings. The topological polar surface area (TPSA) is 60.5 Å². The smallest absolute Gasteiger partial charge is 0.417 e. The fourth-order valence-corrected chi connectivity index (χ4v) is 4.73. The van der Waals surface area contributed by atoms with E-state index in [4.69, 9.17) is 9.47 Å². The van der Waals surface area contributed by atoms with Gasteiger partial charge in [0.15, 0.2) is 11.5 Å². The van der Waals surface area contributed by atoms with E-state index in [1.54, 1.807) is 50.6 Å². The molecule has 0 saturated heterocycles. The molecule has 0 saturated carbocycles. The van der Waals surface area contributed by atoms with Gasteiger partial charge >= 0.3 is 6.18 Å². The number of nitrogens with zero attached hydrogens (tertiary/aromatic N) is 1. The van der Waals surface area contributed by atoms with E-state index in [9.17, 15) is 18.0 Å². The summed E-state index contributed by atoms with van der Waals surface area (Å²) in [5.41, 5.74) is 1.08. The van der Waals surface area contributed by atoms with Crippen molar-refractivity contribution in [3.63, 3.8) is 0 Å². The average molecular weight is 513 g/mol. The molecule has 4 rings (SSSR count). The van der Waals surface area contributed by atoms with Crippen molar-refractivity contribution in [1.82, 2.24) is 10.3 Å². The molecular weight excluding hydrogens is 489 g/mol. The zero-order chi connectivity index (χ0) is 25.7. The monoisotopic (exact) mass is 512 g/mol. The highest BCUT2D eigenvalue weighted by Gasteiger charge is 2.33. The minimum atomic E-state index is -4.50. The molecule has 0 aliphatic heterocycles. The summed E-state index contributed by atoms with van der Waals surface area (Å²) in [5.74, 6) is 0.882. The van der Waals surface area contributed by atoms with E-state index in [1.807, 2.05) is 12.1 Å². The van der Waals surface area contributed by atoms with Gasteiger partial charge in [-0.15, -0.1) is 0 Å². The largest absolute Gasteiger partial charge is 0.493 e. The molecule has 1 amide bonds. The zero-order valence-corrected chi connectivity index (χ0v) is 20.4. The Labute approximate surface area is 210 Å². The first-order valence-electron chi connectivity index (χ1n) is 11.0. The van der Waals surface area contributed by atoms with Gasteiger partial charge in [0, 0.05) is 16.8 Å². The van der Waals surface area contributed by atoms with E-state index < -0.39 is 11.7 Å². The lowest BCUT2D eigenvalue weighted by Gasteiger charge is -2.14. The summed E-state index contributed by atoms with van der Waals surface area (Å²) in [6.45, 7) is 0.352. The fourth-order valence-electron chi connectivity index (χ4n) is 3.75. The first-order chi connectivity index (χ1) is 17.3. The van der Waals surface area contributed by atoms with Gasteiger partial charge in [-0.3, -0.25) is 4.79 Å². The Hall–Kier alpha value is -3.72. The molecule has 0 radical (unpaired) electrons. The van der Waals surface area contributed by atoms with Crippen molar-refractivity contribution in [2.45, 2.75) is 22.5 Å². The summed E-state index contributed by atoms with van der Waals surface area (Å²) in [5, 5.41) is 3.83. The second-order valence-corrected chi connectivity index (χ2v) is 8.88. The van der Waals surface area contributed by atoms with Gasteiger partial charge in [-0.25, -0.2) is 4.98 Å². The molecule has 1 aromatic heterocycles. The van der Waals surface area contributed by atoms with Gasteiger partial charge in [0.1, 0.15) is 5.03 Å². The molecule has 3 aromatic carbocycles. The van der Waals surface area contributed by atoms with E-state index in [2.05, 4.69) is 10.3 Å². The molecule has 0 unspecified atom stereocenters. The molecule has 5 nitrogen and oxygen atoms in total. The van der Waals surface area contributed by atoms with Crippen molar-refractivity contribution in [1.29, 1.82) is 0 Å². The highest BCUT2D eigenvalue weighted by atomic mass is 32.2. The van der Waals surface area contributed by atoms with Crippen LogP contribution in [-0.2, 0) is 12.6 Å². The van der Waals surface area contributed by atoms with Crippen molar-refractivity contribution in [3.05, 3.63) is 89.5 Å². The normalized spacial score (nSPS) is 11.4. The predicted molar refractivity (Wildman–Crippen MR) is 133 cm³/mol. The van der Waals surface area contributed by atoms with Crippen molar-refractivity contribution < 1.29 is 27.4 Å². The number of halogens is 3. The second kappa shape index (κ2) is 10.9. The SMILES string of the molecule is COc1ccc(CCNC(=O)c2cc(Sc3ccccc3C(F)(F)F)nc3ccccc23)cc1OC. The number of methoxy groups -OCH3 is 2. The number of para-hydroxylation sites is 1. The van der Waals surface area contributed by atoms with E-state index in [0.717, 1.165) is 23.4 Å². The van der Waals surface area contributed by atoms with Gasteiger partial charge in [0.2, 0.25) is 0 Å². The molecule has 0 bridgehead atoms. The first kappa shape index (κ1) is 25.4. The summed E-state index contributed by atoms with van der Waals surface area (Å²) in [7, 11) is 3.12. The standard InChI is InChI=1S/C27H23F3N2O3S/c1-34-22-12-11-17(15-23(22)35-2)13-14-31-26(33)19-16-25(32-21-9-5-3-7-18(19)21)36-24-10-6-4-8-20(24)27(28,29)30/h3-12,15-16H,13-14H2,1-2H3,(H,31,33). The number of pyridine rings is 1. The van der Waals surface area contributed by atoms with Crippen LogP contribution in [0.25, 0.3) is 10.9 Å². The number of fused-ring (bicyclic) bond motifs is 1. The molecule has 1 heterocycles. The lowest BCUT2D eigenvalue weighted by atomic mass is 10.1. The highest BCUT2D eigenvalue weighted by Crippen LogP contribution is 2.39. The van der Waals surface area contributed by atoms with Gasteiger partial charge < -0.3 is 14.8 Å². The predicted octanol–water partition coefficient (Wildman–Crippen LogP) is 6.39. The van der Waals surface area contributed by atoms with Crippen LogP contribution in [0.4, 0.5) is 13.2 Å². The van der Waals surface area contributed by atoms with E-state index in [1.165, 1.54) is 18.2 Å². The number of benzene rings is 3. The van der Waals surface area contributed by atoms with Gasteiger partial charge in [-0.1, -0.05) is 48.2 Å². The number of ether oxygens (including phenoxy) is 2. The van der Waals surface area contributed by atoms with Crippen molar-refractivity contribution in [2.24, 2.45) is 0 Å². The van der Waals surface area contributed by atoms with E-state index in [-0.39, 0.29) is 10.8 Å². The summed E-state index contributed by atoms with van der Waals surface area (Å²) < 4.78 is 51.0. The lowest BCUT2D eigenvalue weighted by molar-refractivity contribution is -0.139. The molecule has 9 heteroatoms. The summed E-state index contributed by atoms with van der Waals surface area (Å²) in [6.07, 6.45) is -3.94. The van der Waals surface area contributed by atoms with Crippen LogP contribution in [0.5, 0.6) is 11.5 Å². The zero-order valence-electron chi connectivity index (χ0n) is 19.6. The third-order valence-electron chi connectivity index (χ3n) is 5.49. The van der Waals surface area contributed by atoms with Crippen LogP contribution in [0.1, 0.15) is 21.5 Å². The molecule has 0 atom stereocenters. The second-order valence-electron chi connectivity index (χ2n) is 7.82. The number of nitrogens with one attached hydrogen (secondary N) is 1. The van der Waals surface area contributed by atoms with Crippen LogP contribution < -0.4 is 14.8 Å². The number of hydrogen-bond donors (Lipinski definition) is 1. The van der Waals surface area contributed by atoms with Crippen LogP contribution >= 0.6 is 11.8 Å². The number of alkyl halides is 3. The Bertz CT molecular complexity index is 1390. The number of amides is 1. The van der Waals surface area contributed by atoms with Crippen LogP contribution in [0, 0.1) is 0 Å². The summed E-state index contributed by atoms with van der Waals surface area (Å²) in [6, 6.07) is 19.4. The van der Waals surface area contributed by atoms with Crippen LogP contribution in [0.2, 0.25) is 0 Å². The molecule has 0 aliphatic carbocycles. The van der Waals surface area contributed by atoms with Crippen LogP contribution in [0.3, 0.4) is 0 Å². The molecule has 36 heavy (non-hydrogen) atoms. The number of carbonyl (C=O) groups is 1. The molecule has 186 valence electrons. The quantitative estimate of drug-likeness (QED) is 0.296. The maximum Gasteiger partial charge on any atom is 0.417 e. The average Bonchev–Trinajstić information content (AvgIpc) is 2.87. The lowest BCUT2D eigenvalue weighted by Crippen LogP contribution is -2.26. The Kier molecular flexibility index (Phi) is 7.69. The molecule has 1 N–H and O–H groups in total. The Balaban J connectivity index is 1.56. The third-order valence-corrected chi connectivity index (χ3v) is 6.49. The fraction of sp³-hybridized carbons (Fsp3) is 0.185. The molecule has 4 aromatic rings. The minimum absolute atomic E-state index is 0.0209. The Morgan fingerprint density at radius 3 is 2.42 bits per heavy atom. The number of hydrogen-bond acceptors (Lipinski definition) is 5. The van der Waals surface area contributed by atoms with Gasteiger partial charge in [0.25, 0.3) is 5.91 Å². The highest BCUT2D eigenvalue weighted by molar-refractivity contribution is 7.99. The number of rotatable bonds is 8. The van der Waals surface area contributed by atoms with Gasteiger partial charge in [-0.05, 0) is 48.4 Å². The molecule has 0 spiro atoms. The first-order valence-corrected chi connectivity index (χ1v) is 11.8. The van der Waals surface area contributed by atoms with Crippen molar-refractivity contribution in [2.75, 3.05) is 20.8 Å². The van der Waals surface area contributed by atoms with Crippen LogP contribution in [0.15, 0.2) is 82.7 Å². The van der Waals surface area contributed by atoms with E-state index >= 15 is 0 Å². The van der Waals surface area contributed by atoms with Crippen molar-refractivity contribution >= 4 is 28.6 Å². The molecular formula is C27H23F3N2O3S. The van der Waals surface area contributed by atoms with Crippen LogP contribution in [-0.4, -0.2) is 31.7 Å². The van der Waals surface area contributed by atoms with Gasteiger partial charge in [0.05, 0.1) is 30.9 Å². The molecule has 0 aliphatic rings. The van der Waals surface area contributed by atoms with Gasteiger partial charge in [-0.2, -0.15) is 13.2 Å². The minimum Gasteiger partial charge on any atom is -0.493 e.